The smallest absolute Gasteiger partial charge is 0.339 e. The van der Waals surface area contributed by atoms with E-state index in [0.29, 0.717) is 12.0 Å². The predicted octanol–water partition coefficient (Wildman–Crippen LogP) is 5.22. The first-order chi connectivity index (χ1) is 20.6. The number of fused-ring (bicyclic) bond motifs is 5. The van der Waals surface area contributed by atoms with Gasteiger partial charge < -0.3 is 14.6 Å². The third kappa shape index (κ3) is 4.88. The van der Waals surface area contributed by atoms with Gasteiger partial charge in [0.05, 0.1) is 18.1 Å². The minimum absolute atomic E-state index is 0.0159. The van der Waals surface area contributed by atoms with Gasteiger partial charge in [0.25, 0.3) is 0 Å². The fourth-order valence-electron chi connectivity index (χ4n) is 8.86. The molecule has 6 rings (SSSR count). The van der Waals surface area contributed by atoms with Crippen LogP contribution in [0.3, 0.4) is 0 Å². The summed E-state index contributed by atoms with van der Waals surface area (Å²) in [5.41, 5.74) is -0.761. The first kappa shape index (κ1) is 29.2. The highest BCUT2D eigenvalue weighted by atomic mass is 16.6. The molecule has 4 aliphatic rings. The second-order valence-electron chi connectivity index (χ2n) is 13.1. The van der Waals surface area contributed by atoms with Gasteiger partial charge in [-0.15, -0.1) is 0 Å². The SMILES string of the molecule is C[C@]12C=CC(=O)C=C1CC[C@@H]1[C@@H]2C(O)C[C@@]2(C)[C@H]1CC[C@]2(OC(=O)c1ccccc1)C(=O)COC(=O)Cc1ccccc1. The average Bonchev–Trinajstić information content (AvgIpc) is 3.29. The highest BCUT2D eigenvalue weighted by molar-refractivity contribution is 6.01. The zero-order valence-corrected chi connectivity index (χ0v) is 24.7. The zero-order valence-electron chi connectivity index (χ0n) is 24.7. The van der Waals surface area contributed by atoms with Crippen molar-refractivity contribution in [3.63, 3.8) is 0 Å². The molecule has 0 spiro atoms. The molecule has 0 radical (unpaired) electrons. The number of hydrogen-bond donors (Lipinski definition) is 1. The molecule has 0 saturated heterocycles. The Bertz CT molecular complexity index is 1490. The van der Waals surface area contributed by atoms with Crippen LogP contribution in [0, 0.1) is 28.6 Å². The summed E-state index contributed by atoms with van der Waals surface area (Å²) in [5.74, 6) is -1.73. The Balaban J connectivity index is 1.31. The van der Waals surface area contributed by atoms with Crippen molar-refractivity contribution in [3.05, 3.63) is 95.6 Å². The predicted molar refractivity (Wildman–Crippen MR) is 159 cm³/mol. The van der Waals surface area contributed by atoms with Gasteiger partial charge >= 0.3 is 11.9 Å². The van der Waals surface area contributed by atoms with Crippen LogP contribution in [-0.2, 0) is 30.3 Å². The summed E-state index contributed by atoms with van der Waals surface area (Å²) in [5, 5.41) is 11.9. The highest BCUT2D eigenvalue weighted by Crippen LogP contribution is 2.68. The Morgan fingerprint density at radius 2 is 1.67 bits per heavy atom. The molecule has 3 saturated carbocycles. The second-order valence-corrected chi connectivity index (χ2v) is 13.1. The van der Waals surface area contributed by atoms with Crippen molar-refractivity contribution in [1.29, 1.82) is 0 Å². The summed E-state index contributed by atoms with van der Waals surface area (Å²) in [7, 11) is 0. The molecular weight excluding hydrogens is 544 g/mol. The third-order valence-corrected chi connectivity index (χ3v) is 10.9. The van der Waals surface area contributed by atoms with E-state index in [4.69, 9.17) is 9.47 Å². The number of hydrogen-bond acceptors (Lipinski definition) is 7. The van der Waals surface area contributed by atoms with Crippen LogP contribution in [0.5, 0.6) is 0 Å². The molecule has 224 valence electrons. The zero-order chi connectivity index (χ0) is 30.4. The van der Waals surface area contributed by atoms with Crippen LogP contribution in [0.25, 0.3) is 0 Å². The van der Waals surface area contributed by atoms with Crippen molar-refractivity contribution in [1.82, 2.24) is 0 Å². The van der Waals surface area contributed by atoms with Crippen molar-refractivity contribution in [3.8, 4) is 0 Å². The number of carbonyl (C=O) groups is 4. The van der Waals surface area contributed by atoms with E-state index in [2.05, 4.69) is 6.92 Å². The van der Waals surface area contributed by atoms with Crippen LogP contribution < -0.4 is 0 Å². The number of Topliss-reactive ketones (excluding diaryl/α,β-unsaturated/α-hetero) is 1. The molecule has 43 heavy (non-hydrogen) atoms. The van der Waals surface area contributed by atoms with Crippen LogP contribution in [-0.4, -0.2) is 46.9 Å². The number of ether oxygens (including phenoxy) is 2. The van der Waals surface area contributed by atoms with Crippen molar-refractivity contribution >= 4 is 23.5 Å². The maximum atomic E-state index is 14.3. The molecule has 4 aliphatic carbocycles. The average molecular weight is 583 g/mol. The molecule has 1 N–H and O–H groups in total. The molecule has 0 aromatic heterocycles. The van der Waals surface area contributed by atoms with Crippen molar-refractivity contribution in [2.24, 2.45) is 28.6 Å². The summed E-state index contributed by atoms with van der Waals surface area (Å²) in [6.45, 7) is 3.54. The lowest BCUT2D eigenvalue weighted by Gasteiger charge is -2.59. The van der Waals surface area contributed by atoms with Crippen LogP contribution in [0.15, 0.2) is 84.5 Å². The van der Waals surface area contributed by atoms with Gasteiger partial charge in [-0.3, -0.25) is 14.4 Å². The van der Waals surface area contributed by atoms with E-state index in [9.17, 15) is 24.3 Å². The van der Waals surface area contributed by atoms with E-state index < -0.39 is 46.9 Å². The normalized spacial score (nSPS) is 34.3. The Morgan fingerprint density at radius 3 is 2.40 bits per heavy atom. The van der Waals surface area contributed by atoms with Crippen LogP contribution in [0.2, 0.25) is 0 Å². The number of rotatable bonds is 7. The first-order valence-electron chi connectivity index (χ1n) is 15.2. The topological polar surface area (TPSA) is 107 Å². The third-order valence-electron chi connectivity index (χ3n) is 10.9. The lowest BCUT2D eigenvalue weighted by Crippen LogP contribution is -2.63. The van der Waals surface area contributed by atoms with Gasteiger partial charge in [0.15, 0.2) is 18.0 Å². The lowest BCUT2D eigenvalue weighted by molar-refractivity contribution is -0.182. The van der Waals surface area contributed by atoms with Crippen molar-refractivity contribution < 1.29 is 33.8 Å². The fourth-order valence-corrected chi connectivity index (χ4v) is 8.86. The molecule has 7 nitrogen and oxygen atoms in total. The summed E-state index contributed by atoms with van der Waals surface area (Å²) >= 11 is 0. The Morgan fingerprint density at radius 1 is 0.977 bits per heavy atom. The van der Waals surface area contributed by atoms with Crippen LogP contribution in [0.1, 0.15) is 61.9 Å². The number of aliphatic hydroxyl groups excluding tert-OH is 1. The van der Waals surface area contributed by atoms with E-state index in [0.717, 1.165) is 24.0 Å². The molecule has 7 atom stereocenters. The van der Waals surface area contributed by atoms with Gasteiger partial charge in [-0.2, -0.15) is 0 Å². The fraction of sp³-hybridized carbons (Fsp3) is 0.444. The van der Waals surface area contributed by atoms with E-state index in [1.807, 2.05) is 43.3 Å². The molecule has 2 aromatic carbocycles. The van der Waals surface area contributed by atoms with Gasteiger partial charge in [-0.25, -0.2) is 4.79 Å². The highest BCUT2D eigenvalue weighted by Gasteiger charge is 2.70. The molecule has 0 amide bonds. The van der Waals surface area contributed by atoms with Crippen molar-refractivity contribution in [2.75, 3.05) is 6.61 Å². The van der Waals surface area contributed by atoms with Crippen LogP contribution in [0.4, 0.5) is 0 Å². The Hall–Kier alpha value is -3.84. The van der Waals surface area contributed by atoms with E-state index >= 15 is 0 Å². The number of allylic oxidation sites excluding steroid dienone is 4. The number of carbonyl (C=O) groups excluding carboxylic acids is 4. The molecular formula is C36H38O7. The largest absolute Gasteiger partial charge is 0.457 e. The summed E-state index contributed by atoms with van der Waals surface area (Å²) in [6.07, 6.45) is 7.15. The van der Waals surface area contributed by atoms with Gasteiger partial charge in [-0.1, -0.05) is 74.0 Å². The summed E-state index contributed by atoms with van der Waals surface area (Å²) in [4.78, 5) is 52.7. The number of benzene rings is 2. The lowest BCUT2D eigenvalue weighted by atomic mass is 9.46. The molecule has 1 unspecified atom stereocenters. The monoisotopic (exact) mass is 582 g/mol. The molecule has 3 fully saturated rings. The molecule has 2 aromatic rings. The molecule has 0 heterocycles. The van der Waals surface area contributed by atoms with E-state index in [1.54, 1.807) is 42.5 Å². The van der Waals surface area contributed by atoms with Gasteiger partial charge in [-0.05, 0) is 73.8 Å². The molecule has 0 aliphatic heterocycles. The van der Waals surface area contributed by atoms with Crippen LogP contribution >= 0.6 is 0 Å². The van der Waals surface area contributed by atoms with Crippen molar-refractivity contribution in [2.45, 2.75) is 64.1 Å². The maximum absolute atomic E-state index is 14.3. The first-order valence-corrected chi connectivity index (χ1v) is 15.2. The maximum Gasteiger partial charge on any atom is 0.339 e. The number of aliphatic hydroxyl groups is 1. The van der Waals surface area contributed by atoms with Gasteiger partial charge in [0, 0.05) is 16.7 Å². The standard InChI is InChI=1S/C36H38O7/c1-34-17-15-26(37)20-25(34)13-14-27-28-16-18-36(35(28,2)21-29(38)32(27)34,43-33(41)24-11-7-4-8-12-24)30(39)22-42-31(40)19-23-9-5-3-6-10-23/h3-12,15,17,20,27-29,32,38H,13-14,16,18-19,21-22H2,1-2H3/t27-,28-,29?,32+,34-,35-,36-/m0/s1. The minimum Gasteiger partial charge on any atom is -0.457 e. The number of ketones is 2. The van der Waals surface area contributed by atoms with Gasteiger partial charge in [0.1, 0.15) is 0 Å². The van der Waals surface area contributed by atoms with Gasteiger partial charge in [0.2, 0.25) is 5.78 Å². The summed E-state index contributed by atoms with van der Waals surface area (Å²) in [6, 6.07) is 17.7. The minimum atomic E-state index is -1.57. The number of esters is 2. The molecule has 0 bridgehead atoms. The quantitative estimate of drug-likeness (QED) is 0.447. The Kier molecular flexibility index (Phi) is 7.49. The summed E-state index contributed by atoms with van der Waals surface area (Å²) < 4.78 is 11.8. The van der Waals surface area contributed by atoms with E-state index in [-0.39, 0.29) is 42.8 Å². The molecule has 7 heteroatoms. The van der Waals surface area contributed by atoms with E-state index in [1.165, 1.54) is 0 Å². The Labute approximate surface area is 252 Å². The second kappa shape index (κ2) is 11.0.